The van der Waals surface area contributed by atoms with E-state index in [1.807, 2.05) is 36.1 Å². The zero-order valence-corrected chi connectivity index (χ0v) is 15.6. The predicted molar refractivity (Wildman–Crippen MR) is 101 cm³/mol. The summed E-state index contributed by atoms with van der Waals surface area (Å²) in [7, 11) is 0. The van der Waals surface area contributed by atoms with Crippen molar-refractivity contribution in [3.63, 3.8) is 0 Å². The second-order valence-electron chi connectivity index (χ2n) is 7.49. The third-order valence-corrected chi connectivity index (χ3v) is 5.64. The molecule has 27 heavy (non-hydrogen) atoms. The normalized spacial score (nSPS) is 22.5. The average Bonchev–Trinajstić information content (AvgIpc) is 3.10. The van der Waals surface area contributed by atoms with E-state index in [0.29, 0.717) is 25.2 Å². The lowest BCUT2D eigenvalue weighted by Gasteiger charge is -2.44. The van der Waals surface area contributed by atoms with E-state index in [4.69, 9.17) is 0 Å². The van der Waals surface area contributed by atoms with Crippen LogP contribution in [0.25, 0.3) is 0 Å². The monoisotopic (exact) mass is 364 g/mol. The van der Waals surface area contributed by atoms with E-state index in [1.54, 1.807) is 23.5 Å². The third kappa shape index (κ3) is 3.20. The molecule has 0 aliphatic carbocycles. The van der Waals surface area contributed by atoms with E-state index in [2.05, 4.69) is 9.97 Å². The molecule has 4 heterocycles. The Hall–Kier alpha value is -2.76. The minimum absolute atomic E-state index is 0.0610. The van der Waals surface area contributed by atoms with Crippen LogP contribution in [-0.4, -0.2) is 50.2 Å². The number of aryl methyl sites for hydroxylation is 1. The van der Waals surface area contributed by atoms with Crippen molar-refractivity contribution in [3.05, 3.63) is 59.7 Å². The van der Waals surface area contributed by atoms with Crippen molar-refractivity contribution in [2.75, 3.05) is 13.1 Å². The molecule has 0 radical (unpaired) electrons. The van der Waals surface area contributed by atoms with Crippen molar-refractivity contribution < 1.29 is 9.59 Å². The molecule has 1 spiro atoms. The number of carbonyl (C=O) groups is 2. The number of amides is 2. The number of hydrogen-bond donors (Lipinski definition) is 0. The first-order chi connectivity index (χ1) is 13.1. The molecule has 6 nitrogen and oxygen atoms in total. The fraction of sp³-hybridized carbons (Fsp3) is 0.429. The Morgan fingerprint density at radius 3 is 2.74 bits per heavy atom. The van der Waals surface area contributed by atoms with Gasteiger partial charge in [0.05, 0.1) is 17.8 Å². The fourth-order valence-corrected chi connectivity index (χ4v) is 4.39. The minimum Gasteiger partial charge on any atom is -0.335 e. The molecule has 1 atom stereocenters. The Bertz CT molecular complexity index is 854. The molecule has 6 heteroatoms. The van der Waals surface area contributed by atoms with Crippen LogP contribution in [0.15, 0.2) is 42.9 Å². The van der Waals surface area contributed by atoms with E-state index in [-0.39, 0.29) is 11.8 Å². The van der Waals surface area contributed by atoms with Gasteiger partial charge in [-0.25, -0.2) is 0 Å². The molecule has 2 fully saturated rings. The Kier molecular flexibility index (Phi) is 4.64. The topological polar surface area (TPSA) is 66.4 Å². The second-order valence-corrected chi connectivity index (χ2v) is 7.49. The second kappa shape index (κ2) is 7.10. The summed E-state index contributed by atoms with van der Waals surface area (Å²) < 4.78 is 0. The van der Waals surface area contributed by atoms with E-state index < -0.39 is 5.54 Å². The van der Waals surface area contributed by atoms with Crippen molar-refractivity contribution in [1.29, 1.82) is 0 Å². The average molecular weight is 364 g/mol. The zero-order chi connectivity index (χ0) is 18.9. The summed E-state index contributed by atoms with van der Waals surface area (Å²) in [6.45, 7) is 3.75. The van der Waals surface area contributed by atoms with Gasteiger partial charge in [-0.05, 0) is 56.4 Å². The van der Waals surface area contributed by atoms with Gasteiger partial charge in [-0.2, -0.15) is 0 Å². The molecular formula is C21H24N4O2. The fourth-order valence-electron chi connectivity index (χ4n) is 4.39. The van der Waals surface area contributed by atoms with Crippen molar-refractivity contribution in [2.45, 2.75) is 44.7 Å². The van der Waals surface area contributed by atoms with Crippen LogP contribution in [0.2, 0.25) is 0 Å². The highest BCUT2D eigenvalue weighted by atomic mass is 16.2. The highest BCUT2D eigenvalue weighted by molar-refractivity contribution is 6.00. The summed E-state index contributed by atoms with van der Waals surface area (Å²) in [5.74, 6) is -0.0254. The summed E-state index contributed by atoms with van der Waals surface area (Å²) in [4.78, 5) is 38.8. The molecule has 2 saturated heterocycles. The largest absolute Gasteiger partial charge is 0.335 e. The molecule has 0 aromatic carbocycles. The summed E-state index contributed by atoms with van der Waals surface area (Å²) >= 11 is 0. The number of rotatable bonds is 3. The van der Waals surface area contributed by atoms with Crippen LogP contribution < -0.4 is 0 Å². The van der Waals surface area contributed by atoms with Crippen molar-refractivity contribution in [1.82, 2.24) is 19.8 Å². The maximum atomic E-state index is 13.5. The predicted octanol–water partition coefficient (Wildman–Crippen LogP) is 2.58. The Balaban J connectivity index is 1.60. The molecule has 140 valence electrons. The Labute approximate surface area is 159 Å². The van der Waals surface area contributed by atoms with Crippen LogP contribution in [0, 0.1) is 6.92 Å². The minimum atomic E-state index is -0.714. The van der Waals surface area contributed by atoms with Crippen molar-refractivity contribution in [2.24, 2.45) is 0 Å². The molecule has 0 saturated carbocycles. The van der Waals surface area contributed by atoms with E-state index in [0.717, 1.165) is 36.9 Å². The van der Waals surface area contributed by atoms with Gasteiger partial charge in [-0.3, -0.25) is 19.6 Å². The molecule has 2 aliphatic rings. The maximum absolute atomic E-state index is 13.5. The molecule has 0 bridgehead atoms. The van der Waals surface area contributed by atoms with E-state index >= 15 is 0 Å². The van der Waals surface area contributed by atoms with Crippen LogP contribution in [0.3, 0.4) is 0 Å². The summed E-state index contributed by atoms with van der Waals surface area (Å²) in [5.41, 5.74) is 1.67. The highest BCUT2D eigenvalue weighted by Gasteiger charge is 2.52. The lowest BCUT2D eigenvalue weighted by atomic mass is 9.85. The number of pyridine rings is 2. The molecule has 2 aliphatic heterocycles. The first-order valence-electron chi connectivity index (χ1n) is 9.53. The van der Waals surface area contributed by atoms with Gasteiger partial charge in [0.25, 0.3) is 5.91 Å². The van der Waals surface area contributed by atoms with Crippen LogP contribution in [0.5, 0.6) is 0 Å². The Morgan fingerprint density at radius 2 is 2.00 bits per heavy atom. The highest BCUT2D eigenvalue weighted by Crippen LogP contribution is 2.39. The zero-order valence-electron chi connectivity index (χ0n) is 15.6. The maximum Gasteiger partial charge on any atom is 0.256 e. The SMILES string of the molecule is Cc1cncc(C(=O)N2CCCC23CCCN(Cc2ccccn2)C3=O)c1. The van der Waals surface area contributed by atoms with Crippen LogP contribution >= 0.6 is 0 Å². The number of nitrogens with zero attached hydrogens (tertiary/aromatic N) is 4. The van der Waals surface area contributed by atoms with Gasteiger partial charge in [0.1, 0.15) is 5.54 Å². The molecule has 2 amide bonds. The van der Waals surface area contributed by atoms with E-state index in [1.165, 1.54) is 0 Å². The summed E-state index contributed by atoms with van der Waals surface area (Å²) in [5, 5.41) is 0. The lowest BCUT2D eigenvalue weighted by Crippen LogP contribution is -2.61. The third-order valence-electron chi connectivity index (χ3n) is 5.64. The van der Waals surface area contributed by atoms with Gasteiger partial charge in [0.15, 0.2) is 0 Å². The molecular weight excluding hydrogens is 340 g/mol. The number of likely N-dealkylation sites (tertiary alicyclic amines) is 2. The van der Waals surface area contributed by atoms with Gasteiger partial charge < -0.3 is 9.80 Å². The number of carbonyl (C=O) groups excluding carboxylic acids is 2. The molecule has 2 aromatic heterocycles. The molecule has 0 N–H and O–H groups in total. The number of aromatic nitrogens is 2. The van der Waals surface area contributed by atoms with Crippen molar-refractivity contribution >= 4 is 11.8 Å². The first kappa shape index (κ1) is 17.6. The smallest absolute Gasteiger partial charge is 0.256 e. The van der Waals surface area contributed by atoms with Crippen LogP contribution in [0.1, 0.15) is 47.3 Å². The van der Waals surface area contributed by atoms with Crippen LogP contribution in [-0.2, 0) is 11.3 Å². The molecule has 4 rings (SSSR count). The van der Waals surface area contributed by atoms with Crippen molar-refractivity contribution in [3.8, 4) is 0 Å². The quantitative estimate of drug-likeness (QED) is 0.840. The first-order valence-corrected chi connectivity index (χ1v) is 9.53. The standard InChI is InChI=1S/C21H24N4O2/c1-16-12-17(14-22-13-16)19(26)25-11-5-8-21(25)7-4-10-24(20(21)27)15-18-6-2-3-9-23-18/h2-3,6,9,12-14H,4-5,7-8,10-11,15H2,1H3. The summed E-state index contributed by atoms with van der Waals surface area (Å²) in [6.07, 6.45) is 8.29. The van der Waals surface area contributed by atoms with Gasteiger partial charge >= 0.3 is 0 Å². The lowest BCUT2D eigenvalue weighted by molar-refractivity contribution is -0.146. The molecule has 2 aromatic rings. The number of hydrogen-bond acceptors (Lipinski definition) is 4. The van der Waals surface area contributed by atoms with Gasteiger partial charge in [-0.15, -0.1) is 0 Å². The molecule has 1 unspecified atom stereocenters. The van der Waals surface area contributed by atoms with Crippen LogP contribution in [0.4, 0.5) is 0 Å². The van der Waals surface area contributed by atoms with Gasteiger partial charge in [0.2, 0.25) is 5.91 Å². The van der Waals surface area contributed by atoms with Gasteiger partial charge in [-0.1, -0.05) is 6.07 Å². The Morgan fingerprint density at radius 1 is 1.19 bits per heavy atom. The number of piperidine rings is 1. The van der Waals surface area contributed by atoms with Gasteiger partial charge in [0, 0.05) is 31.7 Å². The summed E-state index contributed by atoms with van der Waals surface area (Å²) in [6, 6.07) is 7.59. The van der Waals surface area contributed by atoms with E-state index in [9.17, 15) is 9.59 Å².